The Morgan fingerprint density at radius 2 is 2.18 bits per heavy atom. The number of benzene rings is 1. The number of hydrogen-bond donors (Lipinski definition) is 3. The summed E-state index contributed by atoms with van der Waals surface area (Å²) in [5.74, 6) is -0.188. The Labute approximate surface area is 162 Å². The van der Waals surface area contributed by atoms with Gasteiger partial charge in [0.1, 0.15) is 11.9 Å². The molecule has 1 aliphatic rings. The van der Waals surface area contributed by atoms with Gasteiger partial charge in [0.05, 0.1) is 5.70 Å². The predicted molar refractivity (Wildman–Crippen MR) is 105 cm³/mol. The maximum absolute atomic E-state index is 12.7. The van der Waals surface area contributed by atoms with E-state index >= 15 is 0 Å². The molecule has 1 atom stereocenters. The number of carbonyl (C=O) groups is 2. The number of hydrogen-bond acceptors (Lipinski definition) is 6. The van der Waals surface area contributed by atoms with E-state index in [0.29, 0.717) is 36.5 Å². The summed E-state index contributed by atoms with van der Waals surface area (Å²) in [6.07, 6.45) is 2.94. The molecule has 1 unspecified atom stereocenters. The highest BCUT2D eigenvalue weighted by molar-refractivity contribution is 5.97. The molecule has 0 saturated heterocycles. The molecule has 9 nitrogen and oxygen atoms in total. The Hall–Kier alpha value is -3.49. The smallest absolute Gasteiger partial charge is 0.291 e. The lowest BCUT2D eigenvalue weighted by Gasteiger charge is -2.21. The number of allylic oxidation sites excluding steroid dienone is 2. The van der Waals surface area contributed by atoms with E-state index in [1.54, 1.807) is 20.3 Å². The van der Waals surface area contributed by atoms with Gasteiger partial charge in [0.2, 0.25) is 11.7 Å². The van der Waals surface area contributed by atoms with Gasteiger partial charge in [0.25, 0.3) is 5.91 Å². The number of aromatic amines is 1. The van der Waals surface area contributed by atoms with Gasteiger partial charge < -0.3 is 16.0 Å². The van der Waals surface area contributed by atoms with Crippen molar-refractivity contribution in [1.29, 1.82) is 0 Å². The quantitative estimate of drug-likeness (QED) is 0.654. The number of nitrogens with one attached hydrogen (secondary N) is 2. The summed E-state index contributed by atoms with van der Waals surface area (Å²) in [7, 11) is 3.22. The van der Waals surface area contributed by atoms with E-state index in [0.717, 1.165) is 5.56 Å². The van der Waals surface area contributed by atoms with E-state index in [4.69, 9.17) is 5.73 Å². The molecule has 2 amide bonds. The highest BCUT2D eigenvalue weighted by atomic mass is 16.2. The molecule has 2 heterocycles. The highest BCUT2D eigenvalue weighted by Crippen LogP contribution is 2.18. The average molecular weight is 381 g/mol. The number of carbonyl (C=O) groups excluding carboxylic acids is 2. The maximum atomic E-state index is 12.7. The van der Waals surface area contributed by atoms with Crippen LogP contribution in [-0.2, 0) is 11.2 Å². The van der Waals surface area contributed by atoms with Crippen molar-refractivity contribution >= 4 is 18.0 Å². The van der Waals surface area contributed by atoms with E-state index in [1.165, 1.54) is 4.90 Å². The Morgan fingerprint density at radius 1 is 1.43 bits per heavy atom. The molecule has 3 rings (SSSR count). The van der Waals surface area contributed by atoms with E-state index in [9.17, 15) is 9.59 Å². The Bertz CT molecular complexity index is 917. The molecule has 146 valence electrons. The van der Waals surface area contributed by atoms with Crippen LogP contribution in [0.3, 0.4) is 0 Å². The second-order valence-corrected chi connectivity index (χ2v) is 6.53. The summed E-state index contributed by atoms with van der Waals surface area (Å²) in [6.45, 7) is 0. The summed E-state index contributed by atoms with van der Waals surface area (Å²) in [4.78, 5) is 34.8. The summed E-state index contributed by atoms with van der Waals surface area (Å²) in [5, 5.41) is 9.46. The monoisotopic (exact) mass is 381 g/mol. The first-order valence-electron chi connectivity index (χ1n) is 8.94. The first-order chi connectivity index (χ1) is 13.5. The third-order valence-corrected chi connectivity index (χ3v) is 4.53. The molecule has 1 aliphatic heterocycles. The van der Waals surface area contributed by atoms with Crippen LogP contribution < -0.4 is 11.1 Å². The number of aliphatic imine (C=N–C) groups is 1. The van der Waals surface area contributed by atoms with Gasteiger partial charge in [-0.05, 0) is 18.4 Å². The highest BCUT2D eigenvalue weighted by Gasteiger charge is 2.30. The molecule has 28 heavy (non-hydrogen) atoms. The molecule has 2 aromatic rings. The zero-order chi connectivity index (χ0) is 20.1. The average Bonchev–Trinajstić information content (AvgIpc) is 3.13. The Balaban J connectivity index is 1.67. The summed E-state index contributed by atoms with van der Waals surface area (Å²) in [6, 6.07) is 9.03. The van der Waals surface area contributed by atoms with Crippen molar-refractivity contribution in [2.75, 3.05) is 14.1 Å². The predicted octanol–water partition coefficient (Wildman–Crippen LogP) is 0.617. The zero-order valence-corrected chi connectivity index (χ0v) is 15.8. The van der Waals surface area contributed by atoms with Gasteiger partial charge in [-0.1, -0.05) is 30.3 Å². The van der Waals surface area contributed by atoms with Crippen LogP contribution in [0.2, 0.25) is 0 Å². The number of nitrogens with zero attached hydrogens (tertiary/aromatic N) is 4. The molecule has 0 bridgehead atoms. The Morgan fingerprint density at radius 3 is 2.89 bits per heavy atom. The lowest BCUT2D eigenvalue weighted by molar-refractivity contribution is -0.129. The molecule has 1 aromatic carbocycles. The van der Waals surface area contributed by atoms with E-state index < -0.39 is 11.9 Å². The van der Waals surface area contributed by atoms with Gasteiger partial charge in [-0.3, -0.25) is 19.7 Å². The van der Waals surface area contributed by atoms with Gasteiger partial charge in [-0.25, -0.2) is 4.98 Å². The van der Waals surface area contributed by atoms with E-state index in [2.05, 4.69) is 25.5 Å². The van der Waals surface area contributed by atoms with Crippen molar-refractivity contribution in [2.45, 2.75) is 25.3 Å². The van der Waals surface area contributed by atoms with Gasteiger partial charge in [-0.15, -0.1) is 5.10 Å². The van der Waals surface area contributed by atoms with Crippen molar-refractivity contribution in [3.05, 3.63) is 58.9 Å². The van der Waals surface area contributed by atoms with Crippen LogP contribution in [0.1, 0.15) is 34.8 Å². The van der Waals surface area contributed by atoms with Crippen LogP contribution in [-0.4, -0.2) is 58.2 Å². The van der Waals surface area contributed by atoms with Crippen LogP contribution in [0.5, 0.6) is 0 Å². The number of likely N-dealkylation sites (N-methyl/N-ethyl adjacent to an activating group) is 1. The molecule has 9 heteroatoms. The number of H-pyrrole nitrogens is 1. The molecule has 4 N–H and O–H groups in total. The SMILES string of the molecule is CN=CC1=C(N)CCC(NC(=O)c2n[nH]c(Cc3ccccc3)n2)C(=O)N1C. The van der Waals surface area contributed by atoms with Crippen molar-refractivity contribution in [3.8, 4) is 0 Å². The number of rotatable bonds is 5. The van der Waals surface area contributed by atoms with Gasteiger partial charge in [0.15, 0.2) is 0 Å². The third-order valence-electron chi connectivity index (χ3n) is 4.53. The molecule has 0 aliphatic carbocycles. The topological polar surface area (TPSA) is 129 Å². The standard InChI is InChI=1S/C19H23N7O2/c1-21-11-15-13(20)8-9-14(19(28)26(15)2)22-18(27)17-23-16(24-25-17)10-12-6-4-3-5-7-12/h3-7,11,14H,8-10,20H2,1-2H3,(H,22,27)(H,23,24,25). The first-order valence-corrected chi connectivity index (χ1v) is 8.94. The van der Waals surface area contributed by atoms with Crippen LogP contribution in [0.25, 0.3) is 0 Å². The molecular formula is C19H23N7O2. The number of nitrogens with two attached hydrogens (primary N) is 1. The Kier molecular flexibility index (Phi) is 5.83. The fourth-order valence-corrected chi connectivity index (χ4v) is 3.03. The fraction of sp³-hybridized carbons (Fsp3) is 0.316. The summed E-state index contributed by atoms with van der Waals surface area (Å²) in [5.41, 5.74) is 8.21. The van der Waals surface area contributed by atoms with Crippen LogP contribution >= 0.6 is 0 Å². The summed E-state index contributed by atoms with van der Waals surface area (Å²) < 4.78 is 0. The van der Waals surface area contributed by atoms with E-state index in [-0.39, 0.29) is 11.7 Å². The van der Waals surface area contributed by atoms with Crippen molar-refractivity contribution in [2.24, 2.45) is 10.7 Å². The van der Waals surface area contributed by atoms with Gasteiger partial charge in [0, 0.05) is 32.4 Å². The normalized spacial score (nSPS) is 17.9. The van der Waals surface area contributed by atoms with Crippen molar-refractivity contribution in [1.82, 2.24) is 25.4 Å². The van der Waals surface area contributed by atoms with Crippen LogP contribution in [0.15, 0.2) is 46.7 Å². The second kappa shape index (κ2) is 8.47. The van der Waals surface area contributed by atoms with E-state index in [1.807, 2.05) is 30.3 Å². The van der Waals surface area contributed by atoms with Crippen molar-refractivity contribution in [3.63, 3.8) is 0 Å². The van der Waals surface area contributed by atoms with Crippen LogP contribution in [0, 0.1) is 0 Å². The first kappa shape index (κ1) is 19.3. The molecule has 0 radical (unpaired) electrons. The molecular weight excluding hydrogens is 358 g/mol. The lowest BCUT2D eigenvalue weighted by Crippen LogP contribution is -2.46. The number of aromatic nitrogens is 3. The fourth-order valence-electron chi connectivity index (χ4n) is 3.03. The maximum Gasteiger partial charge on any atom is 0.291 e. The zero-order valence-electron chi connectivity index (χ0n) is 15.8. The number of amides is 2. The van der Waals surface area contributed by atoms with Gasteiger partial charge in [-0.2, -0.15) is 0 Å². The molecule has 1 aromatic heterocycles. The minimum Gasteiger partial charge on any atom is -0.400 e. The van der Waals surface area contributed by atoms with Crippen LogP contribution in [0.4, 0.5) is 0 Å². The molecule has 0 spiro atoms. The minimum atomic E-state index is -0.713. The molecule has 0 fully saturated rings. The lowest BCUT2D eigenvalue weighted by atomic mass is 10.1. The third kappa shape index (κ3) is 4.25. The minimum absolute atomic E-state index is 0.00177. The van der Waals surface area contributed by atoms with Crippen molar-refractivity contribution < 1.29 is 9.59 Å². The second-order valence-electron chi connectivity index (χ2n) is 6.53. The largest absolute Gasteiger partial charge is 0.400 e. The van der Waals surface area contributed by atoms with Gasteiger partial charge >= 0.3 is 0 Å². The molecule has 0 saturated carbocycles. The summed E-state index contributed by atoms with van der Waals surface area (Å²) >= 11 is 0.